The van der Waals surface area contributed by atoms with Gasteiger partial charge in [0.05, 0.1) is 5.56 Å². The van der Waals surface area contributed by atoms with Crippen LogP contribution >= 0.6 is 15.9 Å². The van der Waals surface area contributed by atoms with Gasteiger partial charge in [-0.2, -0.15) is 0 Å². The molecule has 17 heavy (non-hydrogen) atoms. The first-order chi connectivity index (χ1) is 8.09. The van der Waals surface area contributed by atoms with Crippen LogP contribution in [0.3, 0.4) is 0 Å². The smallest absolute Gasteiger partial charge is 0.326 e. The average Bonchev–Trinajstić information content (AvgIpc) is 2.78. The molecule has 1 atom stereocenters. The van der Waals surface area contributed by atoms with Gasteiger partial charge in [0.25, 0.3) is 5.91 Å². The van der Waals surface area contributed by atoms with Crippen molar-refractivity contribution in [2.45, 2.75) is 18.9 Å². The summed E-state index contributed by atoms with van der Waals surface area (Å²) in [5.41, 5.74) is 0.418. The lowest BCUT2D eigenvalue weighted by molar-refractivity contribution is -0.141. The third-order valence-corrected chi connectivity index (χ3v) is 3.24. The zero-order valence-corrected chi connectivity index (χ0v) is 10.6. The molecule has 90 valence electrons. The van der Waals surface area contributed by atoms with Gasteiger partial charge in [0.2, 0.25) is 0 Å². The molecule has 5 nitrogen and oxygen atoms in total. The van der Waals surface area contributed by atoms with Crippen LogP contribution in [0.4, 0.5) is 0 Å². The van der Waals surface area contributed by atoms with E-state index in [1.807, 2.05) is 0 Å². The highest BCUT2D eigenvalue weighted by atomic mass is 79.9. The Morgan fingerprint density at radius 1 is 1.47 bits per heavy atom. The van der Waals surface area contributed by atoms with E-state index in [4.69, 9.17) is 5.11 Å². The molecule has 0 aromatic carbocycles. The summed E-state index contributed by atoms with van der Waals surface area (Å²) in [4.78, 5) is 28.4. The third kappa shape index (κ3) is 2.46. The highest BCUT2D eigenvalue weighted by Gasteiger charge is 2.34. The number of nitrogens with zero attached hydrogens (tertiary/aromatic N) is 2. The van der Waals surface area contributed by atoms with Gasteiger partial charge >= 0.3 is 5.97 Å². The summed E-state index contributed by atoms with van der Waals surface area (Å²) in [7, 11) is 0. The Bertz CT molecular complexity index is 447. The number of amides is 1. The maximum atomic E-state index is 12.1. The van der Waals surface area contributed by atoms with Crippen molar-refractivity contribution in [1.82, 2.24) is 9.88 Å². The summed E-state index contributed by atoms with van der Waals surface area (Å²) < 4.78 is 0.644. The molecule has 0 saturated carbocycles. The van der Waals surface area contributed by atoms with Crippen molar-refractivity contribution in [3.8, 4) is 0 Å². The van der Waals surface area contributed by atoms with E-state index < -0.39 is 12.0 Å². The number of hydrogen-bond acceptors (Lipinski definition) is 3. The molecule has 1 fully saturated rings. The lowest BCUT2D eigenvalue weighted by Crippen LogP contribution is -2.40. The molecule has 0 aliphatic carbocycles. The molecule has 0 unspecified atom stereocenters. The maximum absolute atomic E-state index is 12.1. The van der Waals surface area contributed by atoms with Crippen LogP contribution in [0.25, 0.3) is 0 Å². The fraction of sp³-hybridized carbons (Fsp3) is 0.364. The lowest BCUT2D eigenvalue weighted by Gasteiger charge is -2.21. The normalized spacial score (nSPS) is 19.4. The highest BCUT2D eigenvalue weighted by Crippen LogP contribution is 2.20. The molecule has 0 spiro atoms. The Labute approximate surface area is 107 Å². The molecule has 1 aliphatic rings. The fourth-order valence-electron chi connectivity index (χ4n) is 1.93. The van der Waals surface area contributed by atoms with Crippen molar-refractivity contribution in [3.05, 3.63) is 28.5 Å². The van der Waals surface area contributed by atoms with E-state index in [1.54, 1.807) is 12.1 Å². The average molecular weight is 299 g/mol. The number of rotatable bonds is 2. The molecule has 0 radical (unpaired) electrons. The minimum absolute atomic E-state index is 0.269. The summed E-state index contributed by atoms with van der Waals surface area (Å²) >= 11 is 3.18. The number of aromatic nitrogens is 1. The molecule has 1 N–H and O–H groups in total. The number of carboxylic acids is 1. The molecule has 2 rings (SSSR count). The number of halogens is 1. The summed E-state index contributed by atoms with van der Waals surface area (Å²) in [6, 6.07) is 2.60. The highest BCUT2D eigenvalue weighted by molar-refractivity contribution is 9.10. The van der Waals surface area contributed by atoms with Gasteiger partial charge in [-0.25, -0.2) is 9.78 Å². The van der Waals surface area contributed by atoms with Crippen LogP contribution in [0.15, 0.2) is 22.9 Å². The second kappa shape index (κ2) is 4.83. The second-order valence-corrected chi connectivity index (χ2v) is 4.68. The van der Waals surface area contributed by atoms with Gasteiger partial charge in [-0.15, -0.1) is 0 Å². The van der Waals surface area contributed by atoms with Crippen LogP contribution in [-0.4, -0.2) is 39.5 Å². The van der Waals surface area contributed by atoms with E-state index in [1.165, 1.54) is 11.1 Å². The predicted molar refractivity (Wildman–Crippen MR) is 63.6 cm³/mol. The van der Waals surface area contributed by atoms with Gasteiger partial charge in [-0.1, -0.05) is 0 Å². The number of carbonyl (C=O) groups excluding carboxylic acids is 1. The maximum Gasteiger partial charge on any atom is 0.326 e. The van der Waals surface area contributed by atoms with Gasteiger partial charge in [0.1, 0.15) is 10.6 Å². The van der Waals surface area contributed by atoms with Crippen LogP contribution in [0.5, 0.6) is 0 Å². The van der Waals surface area contributed by atoms with Gasteiger partial charge in [0, 0.05) is 12.7 Å². The van der Waals surface area contributed by atoms with Gasteiger partial charge < -0.3 is 10.0 Å². The predicted octanol–water partition coefficient (Wildman–Crippen LogP) is 1.53. The molecule has 2 heterocycles. The van der Waals surface area contributed by atoms with E-state index in [-0.39, 0.29) is 5.91 Å². The molecule has 1 aromatic heterocycles. The van der Waals surface area contributed by atoms with E-state index >= 15 is 0 Å². The third-order valence-electron chi connectivity index (χ3n) is 2.77. The molecule has 1 aromatic rings. The molecule has 1 aliphatic heterocycles. The SMILES string of the molecule is O=C(O)[C@H]1CCCN1C(=O)c1ccc(Br)nc1. The first kappa shape index (κ1) is 12.0. The van der Waals surface area contributed by atoms with E-state index in [0.29, 0.717) is 23.1 Å². The van der Waals surface area contributed by atoms with Crippen molar-refractivity contribution in [1.29, 1.82) is 0 Å². The fourth-order valence-corrected chi connectivity index (χ4v) is 2.17. The molecule has 1 saturated heterocycles. The van der Waals surface area contributed by atoms with Gasteiger partial charge in [-0.05, 0) is 40.9 Å². The van der Waals surface area contributed by atoms with Crippen molar-refractivity contribution in [2.24, 2.45) is 0 Å². The zero-order valence-electron chi connectivity index (χ0n) is 8.97. The van der Waals surface area contributed by atoms with Crippen LogP contribution in [0, 0.1) is 0 Å². The number of likely N-dealkylation sites (tertiary alicyclic amines) is 1. The van der Waals surface area contributed by atoms with E-state index in [2.05, 4.69) is 20.9 Å². The summed E-state index contributed by atoms with van der Waals surface area (Å²) in [5, 5.41) is 9.01. The molecule has 0 bridgehead atoms. The minimum atomic E-state index is -0.944. The van der Waals surface area contributed by atoms with E-state index in [0.717, 1.165) is 6.42 Å². The Hall–Kier alpha value is -1.43. The largest absolute Gasteiger partial charge is 0.480 e. The topological polar surface area (TPSA) is 70.5 Å². The molecular formula is C11H11BrN2O3. The Morgan fingerprint density at radius 2 is 2.24 bits per heavy atom. The monoisotopic (exact) mass is 298 g/mol. The van der Waals surface area contributed by atoms with E-state index in [9.17, 15) is 9.59 Å². The van der Waals surface area contributed by atoms with Gasteiger partial charge in [-0.3, -0.25) is 4.79 Å². The standard InChI is InChI=1S/C11H11BrN2O3/c12-9-4-3-7(6-13-9)10(15)14-5-1-2-8(14)11(16)17/h3-4,6,8H,1-2,5H2,(H,16,17)/t8-/m1/s1. The number of pyridine rings is 1. The van der Waals surface area contributed by atoms with Crippen LogP contribution < -0.4 is 0 Å². The summed E-state index contributed by atoms with van der Waals surface area (Å²) in [6.45, 7) is 0.492. The first-order valence-corrected chi connectivity index (χ1v) is 6.04. The number of carbonyl (C=O) groups is 2. The summed E-state index contributed by atoms with van der Waals surface area (Å²) in [6.07, 6.45) is 2.70. The van der Waals surface area contributed by atoms with Crippen molar-refractivity contribution in [3.63, 3.8) is 0 Å². The Balaban J connectivity index is 2.19. The zero-order chi connectivity index (χ0) is 12.4. The molecular weight excluding hydrogens is 288 g/mol. The molecule has 1 amide bonds. The minimum Gasteiger partial charge on any atom is -0.480 e. The van der Waals surface area contributed by atoms with Crippen LogP contribution in [-0.2, 0) is 4.79 Å². The number of aliphatic carboxylic acids is 1. The number of carboxylic acid groups (broad SMARTS) is 1. The van der Waals surface area contributed by atoms with Crippen LogP contribution in [0.1, 0.15) is 23.2 Å². The van der Waals surface area contributed by atoms with Crippen molar-refractivity contribution in [2.75, 3.05) is 6.54 Å². The van der Waals surface area contributed by atoms with Gasteiger partial charge in [0.15, 0.2) is 0 Å². The van der Waals surface area contributed by atoms with Crippen molar-refractivity contribution < 1.29 is 14.7 Å². The van der Waals surface area contributed by atoms with Crippen LogP contribution in [0.2, 0.25) is 0 Å². The Kier molecular flexibility index (Phi) is 3.42. The van der Waals surface area contributed by atoms with Crippen molar-refractivity contribution >= 4 is 27.8 Å². The lowest BCUT2D eigenvalue weighted by atomic mass is 10.2. The first-order valence-electron chi connectivity index (χ1n) is 5.25. The summed E-state index contributed by atoms with van der Waals surface area (Å²) in [5.74, 6) is -1.21. The quantitative estimate of drug-likeness (QED) is 0.841. The second-order valence-electron chi connectivity index (χ2n) is 3.86. The molecule has 6 heteroatoms. The number of hydrogen-bond donors (Lipinski definition) is 1. The Morgan fingerprint density at radius 3 is 2.82 bits per heavy atom.